The molecule has 0 saturated carbocycles. The molecule has 1 aromatic heterocycles. The van der Waals surface area contributed by atoms with Crippen LogP contribution < -0.4 is 0 Å². The van der Waals surface area contributed by atoms with Crippen molar-refractivity contribution in [2.75, 3.05) is 0 Å². The standard InChI is InChI=1S/C13H12N.Al/c1-3-4-8-12-10(2)11-7-5-6-9-13(11)14-12;/h3-9H,1H2,2H3;/q-1;+2/b8-4-;. The summed E-state index contributed by atoms with van der Waals surface area (Å²) in [6.07, 6.45) is 5.83. The van der Waals surface area contributed by atoms with Gasteiger partial charge >= 0.3 is 98.2 Å². The monoisotopic (exact) mass is 209 g/mol. The number of aryl methyl sites for hydroxylation is 1. The summed E-state index contributed by atoms with van der Waals surface area (Å²) in [5.74, 6) is 0. The van der Waals surface area contributed by atoms with Crippen LogP contribution in [0.3, 0.4) is 0 Å². The number of hydrogen-bond acceptors (Lipinski definition) is 0. The molecule has 1 heterocycles. The molecule has 1 aromatic carbocycles. The van der Waals surface area contributed by atoms with E-state index in [2.05, 4.69) is 63.9 Å². The summed E-state index contributed by atoms with van der Waals surface area (Å²) in [5, 5.41) is 1.30. The Bertz CT molecular complexity index is 496. The fraction of sp³-hybridized carbons (Fsp3) is 0.0769. The van der Waals surface area contributed by atoms with E-state index in [9.17, 15) is 0 Å². The molecule has 0 aliphatic rings. The predicted molar refractivity (Wildman–Crippen MR) is 67.1 cm³/mol. The topological polar surface area (TPSA) is 4.93 Å². The van der Waals surface area contributed by atoms with Gasteiger partial charge in [0.15, 0.2) is 0 Å². The molecule has 2 rings (SSSR count). The molecular weight excluding hydrogens is 197 g/mol. The molecule has 0 bridgehead atoms. The third-order valence-corrected chi connectivity index (χ3v) is 3.16. The van der Waals surface area contributed by atoms with Gasteiger partial charge in [-0.3, -0.25) is 0 Å². The molecule has 2 heteroatoms. The fourth-order valence-corrected chi connectivity index (χ4v) is 2.32. The van der Waals surface area contributed by atoms with Gasteiger partial charge in [0.2, 0.25) is 0 Å². The first-order chi connectivity index (χ1) is 7.25. The predicted octanol–water partition coefficient (Wildman–Crippen LogP) is 3.08. The van der Waals surface area contributed by atoms with Gasteiger partial charge in [-0.05, 0) is 0 Å². The van der Waals surface area contributed by atoms with Gasteiger partial charge in [-0.1, -0.05) is 0 Å². The van der Waals surface area contributed by atoms with Gasteiger partial charge in [-0.2, -0.15) is 0 Å². The van der Waals surface area contributed by atoms with Gasteiger partial charge in [0.1, 0.15) is 0 Å². The third-order valence-electron chi connectivity index (χ3n) is 2.60. The molecule has 15 heavy (non-hydrogen) atoms. The summed E-state index contributed by atoms with van der Waals surface area (Å²) in [6, 6.07) is 8.40. The van der Waals surface area contributed by atoms with E-state index in [1.807, 2.05) is 6.08 Å². The van der Waals surface area contributed by atoms with Crippen molar-refractivity contribution >= 4 is 33.5 Å². The Kier molecular flexibility index (Phi) is 2.82. The number of para-hydroxylation sites is 1. The molecule has 2 aromatic rings. The molecular formula is C13H12AlN+. The molecule has 0 amide bonds. The fourth-order valence-electron chi connectivity index (χ4n) is 1.81. The molecule has 0 N–H and O–H groups in total. The summed E-state index contributed by atoms with van der Waals surface area (Å²) in [4.78, 5) is 0. The number of nitrogens with zero attached hydrogens (tertiary/aromatic N) is 1. The van der Waals surface area contributed by atoms with Crippen molar-refractivity contribution in [2.24, 2.45) is 0 Å². The zero-order chi connectivity index (χ0) is 10.8. The summed E-state index contributed by atoms with van der Waals surface area (Å²) < 4.78 is 2.13. The van der Waals surface area contributed by atoms with Crippen LogP contribution in [-0.2, 0) is 0 Å². The second-order valence-electron chi connectivity index (χ2n) is 3.49. The van der Waals surface area contributed by atoms with E-state index in [0.717, 1.165) is 0 Å². The molecule has 71 valence electrons. The van der Waals surface area contributed by atoms with Crippen LogP contribution in [0.5, 0.6) is 0 Å². The Hall–Kier alpha value is -1.23. The zero-order valence-corrected chi connectivity index (χ0v) is 9.93. The van der Waals surface area contributed by atoms with Crippen molar-refractivity contribution in [1.29, 1.82) is 0 Å². The summed E-state index contributed by atoms with van der Waals surface area (Å²) in [5.41, 5.74) is 3.75. The van der Waals surface area contributed by atoms with E-state index in [4.69, 9.17) is 0 Å². The number of fused-ring (bicyclic) bond motifs is 1. The maximum absolute atomic E-state index is 3.69. The molecule has 0 unspecified atom stereocenters. The second-order valence-corrected chi connectivity index (χ2v) is 4.01. The van der Waals surface area contributed by atoms with E-state index < -0.39 is 0 Å². The van der Waals surface area contributed by atoms with Crippen molar-refractivity contribution in [3.05, 3.63) is 54.3 Å². The quantitative estimate of drug-likeness (QED) is 0.529. The van der Waals surface area contributed by atoms with Crippen molar-refractivity contribution in [3.63, 3.8) is 0 Å². The van der Waals surface area contributed by atoms with E-state index in [1.54, 1.807) is 6.08 Å². The molecule has 1 nitrogen and oxygen atoms in total. The SMILES string of the molecule is C=C/C=C\c1c(C)c2ccccc2[n]1[Al+]. The number of benzene rings is 1. The second kappa shape index (κ2) is 4.10. The van der Waals surface area contributed by atoms with Gasteiger partial charge in [0.05, 0.1) is 0 Å². The number of allylic oxidation sites excluding steroid dienone is 2. The normalized spacial score (nSPS) is 11.2. The van der Waals surface area contributed by atoms with E-state index in [-0.39, 0.29) is 0 Å². The van der Waals surface area contributed by atoms with Crippen LogP contribution >= 0.6 is 0 Å². The van der Waals surface area contributed by atoms with Crippen LogP contribution in [0.4, 0.5) is 0 Å². The number of aromatic nitrogens is 1. The van der Waals surface area contributed by atoms with Gasteiger partial charge in [0, 0.05) is 0 Å². The third kappa shape index (κ3) is 1.67. The first kappa shape index (κ1) is 10.3. The van der Waals surface area contributed by atoms with Crippen molar-refractivity contribution < 1.29 is 0 Å². The Morgan fingerprint density at radius 2 is 2.07 bits per heavy atom. The van der Waals surface area contributed by atoms with Gasteiger partial charge in [-0.25, -0.2) is 0 Å². The zero-order valence-electron chi connectivity index (χ0n) is 8.77. The van der Waals surface area contributed by atoms with Crippen molar-refractivity contribution in [1.82, 2.24) is 3.55 Å². The van der Waals surface area contributed by atoms with Crippen LogP contribution in [-0.4, -0.2) is 20.1 Å². The van der Waals surface area contributed by atoms with E-state index in [0.29, 0.717) is 0 Å². The minimum absolute atomic E-state index is 1.21. The Balaban J connectivity index is 2.74. The first-order valence-electron chi connectivity index (χ1n) is 4.90. The first-order valence-corrected chi connectivity index (χ1v) is 5.41. The average Bonchev–Trinajstić information content (AvgIpc) is 2.51. The number of hydrogen-bond donors (Lipinski definition) is 0. The van der Waals surface area contributed by atoms with Crippen LogP contribution in [0.2, 0.25) is 0 Å². The average molecular weight is 209 g/mol. The van der Waals surface area contributed by atoms with Crippen LogP contribution in [0, 0.1) is 6.92 Å². The summed E-state index contributed by atoms with van der Waals surface area (Å²) in [7, 11) is 0. The van der Waals surface area contributed by atoms with Gasteiger partial charge in [0.25, 0.3) is 0 Å². The van der Waals surface area contributed by atoms with Crippen LogP contribution in [0.1, 0.15) is 11.3 Å². The van der Waals surface area contributed by atoms with E-state index in [1.165, 1.54) is 22.2 Å². The molecule has 0 atom stereocenters. The molecule has 1 radical (unpaired) electrons. The van der Waals surface area contributed by atoms with Crippen LogP contribution in [0.15, 0.2) is 43.0 Å². The maximum atomic E-state index is 3.69. The van der Waals surface area contributed by atoms with Gasteiger partial charge in [-0.15, -0.1) is 0 Å². The minimum atomic E-state index is 1.21. The van der Waals surface area contributed by atoms with Crippen LogP contribution in [0.25, 0.3) is 17.0 Å². The van der Waals surface area contributed by atoms with Gasteiger partial charge < -0.3 is 0 Å². The summed E-state index contributed by atoms with van der Waals surface area (Å²) >= 11 is 2.75. The van der Waals surface area contributed by atoms with Crippen molar-refractivity contribution in [3.8, 4) is 0 Å². The molecule has 0 fully saturated rings. The Morgan fingerprint density at radius 3 is 2.73 bits per heavy atom. The molecule has 0 saturated heterocycles. The van der Waals surface area contributed by atoms with E-state index >= 15 is 0 Å². The molecule has 0 spiro atoms. The van der Waals surface area contributed by atoms with Crippen molar-refractivity contribution in [2.45, 2.75) is 6.92 Å². The molecule has 0 aliphatic carbocycles. The Labute approximate surface area is 98.4 Å². The summed E-state index contributed by atoms with van der Waals surface area (Å²) in [6.45, 7) is 5.83. The number of rotatable bonds is 2. The molecule has 0 aliphatic heterocycles. The Morgan fingerprint density at radius 1 is 1.33 bits per heavy atom.